The number of aryl methyl sites for hydroxylation is 1. The maximum Gasteiger partial charge on any atom is 0.147 e. The number of aromatic nitrogens is 2. The summed E-state index contributed by atoms with van der Waals surface area (Å²) in [7, 11) is 0. The first-order valence-corrected chi connectivity index (χ1v) is 7.36. The Balaban J connectivity index is 1.68. The van der Waals surface area contributed by atoms with E-state index in [4.69, 9.17) is 0 Å². The van der Waals surface area contributed by atoms with Crippen LogP contribution in [-0.2, 0) is 6.42 Å². The Hall–Kier alpha value is -1.33. The number of nitrogens with zero attached hydrogens (tertiary/aromatic N) is 2. The highest BCUT2D eigenvalue weighted by atomic mass is 32.1. The van der Waals surface area contributed by atoms with Gasteiger partial charge in [0.25, 0.3) is 0 Å². The van der Waals surface area contributed by atoms with E-state index >= 15 is 0 Å². The molecule has 0 aliphatic heterocycles. The van der Waals surface area contributed by atoms with Crippen molar-refractivity contribution in [2.75, 3.05) is 6.54 Å². The van der Waals surface area contributed by atoms with Crippen LogP contribution in [-0.4, -0.2) is 22.8 Å². The first kappa shape index (κ1) is 12.7. The lowest BCUT2D eigenvalue weighted by Crippen LogP contribution is -2.19. The van der Waals surface area contributed by atoms with E-state index in [0.29, 0.717) is 0 Å². The van der Waals surface area contributed by atoms with Crippen LogP contribution in [0.5, 0.6) is 0 Å². The Bertz CT molecular complexity index is 558. The van der Waals surface area contributed by atoms with E-state index in [1.807, 2.05) is 13.0 Å². The summed E-state index contributed by atoms with van der Waals surface area (Å²) in [6.45, 7) is 2.83. The summed E-state index contributed by atoms with van der Waals surface area (Å²) in [6, 6.07) is 5.69. The van der Waals surface area contributed by atoms with Crippen LogP contribution in [0.1, 0.15) is 23.4 Å². The molecule has 1 saturated carbocycles. The van der Waals surface area contributed by atoms with E-state index in [-0.39, 0.29) is 5.82 Å². The number of rotatable bonds is 5. The molecule has 1 aromatic carbocycles. The SMILES string of the molecule is Cc1cc(F)cc(-c2nnc(CCNC3CC3)s2)c1. The van der Waals surface area contributed by atoms with Crippen LogP contribution in [0.3, 0.4) is 0 Å². The van der Waals surface area contributed by atoms with E-state index in [9.17, 15) is 4.39 Å². The van der Waals surface area contributed by atoms with Gasteiger partial charge in [-0.15, -0.1) is 10.2 Å². The Labute approximate surface area is 115 Å². The normalized spacial score (nSPS) is 14.8. The van der Waals surface area contributed by atoms with Gasteiger partial charge in [0, 0.05) is 24.6 Å². The second kappa shape index (κ2) is 5.35. The van der Waals surface area contributed by atoms with Crippen molar-refractivity contribution in [1.29, 1.82) is 0 Å². The third kappa shape index (κ3) is 3.36. The van der Waals surface area contributed by atoms with E-state index in [1.54, 1.807) is 11.3 Å². The van der Waals surface area contributed by atoms with Crippen molar-refractivity contribution in [1.82, 2.24) is 15.5 Å². The van der Waals surface area contributed by atoms with E-state index in [2.05, 4.69) is 15.5 Å². The third-order valence-electron chi connectivity index (χ3n) is 3.11. The highest BCUT2D eigenvalue weighted by Crippen LogP contribution is 2.25. The predicted molar refractivity (Wildman–Crippen MR) is 74.8 cm³/mol. The van der Waals surface area contributed by atoms with Gasteiger partial charge in [-0.25, -0.2) is 4.39 Å². The van der Waals surface area contributed by atoms with E-state index < -0.39 is 0 Å². The maximum atomic E-state index is 13.4. The molecule has 19 heavy (non-hydrogen) atoms. The lowest BCUT2D eigenvalue weighted by atomic mass is 10.1. The summed E-state index contributed by atoms with van der Waals surface area (Å²) in [6.07, 6.45) is 3.48. The zero-order chi connectivity index (χ0) is 13.2. The van der Waals surface area contributed by atoms with Crippen molar-refractivity contribution in [3.05, 3.63) is 34.6 Å². The minimum atomic E-state index is -0.220. The molecule has 1 aromatic heterocycles. The second-order valence-electron chi connectivity index (χ2n) is 5.00. The monoisotopic (exact) mass is 277 g/mol. The summed E-state index contributed by atoms with van der Waals surface area (Å²) in [5.41, 5.74) is 1.72. The highest BCUT2D eigenvalue weighted by Gasteiger charge is 2.20. The van der Waals surface area contributed by atoms with Gasteiger partial charge in [0.15, 0.2) is 0 Å². The number of benzene rings is 1. The van der Waals surface area contributed by atoms with Gasteiger partial charge < -0.3 is 5.32 Å². The van der Waals surface area contributed by atoms with Gasteiger partial charge in [-0.1, -0.05) is 11.3 Å². The number of hydrogen-bond donors (Lipinski definition) is 1. The second-order valence-corrected chi connectivity index (χ2v) is 6.06. The first-order chi connectivity index (χ1) is 9.20. The van der Waals surface area contributed by atoms with Crippen molar-refractivity contribution in [2.24, 2.45) is 0 Å². The molecule has 0 spiro atoms. The number of halogens is 1. The van der Waals surface area contributed by atoms with Crippen LogP contribution in [0.2, 0.25) is 0 Å². The molecule has 5 heteroatoms. The molecule has 0 unspecified atom stereocenters. The largest absolute Gasteiger partial charge is 0.314 e. The van der Waals surface area contributed by atoms with Gasteiger partial charge in [-0.05, 0) is 43.5 Å². The fourth-order valence-corrected chi connectivity index (χ4v) is 2.83. The Morgan fingerprint density at radius 1 is 1.32 bits per heavy atom. The summed E-state index contributed by atoms with van der Waals surface area (Å²) < 4.78 is 13.4. The number of hydrogen-bond acceptors (Lipinski definition) is 4. The minimum absolute atomic E-state index is 0.220. The fraction of sp³-hybridized carbons (Fsp3) is 0.429. The average Bonchev–Trinajstić information content (AvgIpc) is 3.04. The van der Waals surface area contributed by atoms with Crippen LogP contribution in [0.25, 0.3) is 10.6 Å². The zero-order valence-corrected chi connectivity index (χ0v) is 11.6. The molecule has 1 heterocycles. The molecule has 2 aromatic rings. The summed E-state index contributed by atoms with van der Waals surface area (Å²) in [5, 5.41) is 13.6. The van der Waals surface area contributed by atoms with Crippen LogP contribution >= 0.6 is 11.3 Å². The first-order valence-electron chi connectivity index (χ1n) is 6.54. The van der Waals surface area contributed by atoms with Crippen LogP contribution in [0, 0.1) is 12.7 Å². The molecule has 1 aliphatic rings. The third-order valence-corrected chi connectivity index (χ3v) is 4.14. The molecule has 0 amide bonds. The van der Waals surface area contributed by atoms with Crippen molar-refractivity contribution in [3.63, 3.8) is 0 Å². The minimum Gasteiger partial charge on any atom is -0.314 e. The van der Waals surface area contributed by atoms with Gasteiger partial charge in [-0.3, -0.25) is 0 Å². The van der Waals surface area contributed by atoms with Crippen molar-refractivity contribution in [3.8, 4) is 10.6 Å². The summed E-state index contributed by atoms with van der Waals surface area (Å²) in [4.78, 5) is 0. The van der Waals surface area contributed by atoms with Gasteiger partial charge in [0.05, 0.1) is 0 Å². The summed E-state index contributed by atoms with van der Waals surface area (Å²) >= 11 is 1.55. The molecule has 0 saturated heterocycles. The fourth-order valence-electron chi connectivity index (χ4n) is 2.00. The smallest absolute Gasteiger partial charge is 0.147 e. The molecule has 0 atom stereocenters. The summed E-state index contributed by atoms with van der Waals surface area (Å²) in [5.74, 6) is -0.220. The van der Waals surface area contributed by atoms with Crippen molar-refractivity contribution >= 4 is 11.3 Å². The molecule has 1 N–H and O–H groups in total. The topological polar surface area (TPSA) is 37.8 Å². The Morgan fingerprint density at radius 2 is 2.16 bits per heavy atom. The van der Waals surface area contributed by atoms with Crippen molar-refractivity contribution < 1.29 is 4.39 Å². The average molecular weight is 277 g/mol. The molecule has 3 nitrogen and oxygen atoms in total. The molecular formula is C14H16FN3S. The number of nitrogens with one attached hydrogen (secondary N) is 1. The predicted octanol–water partition coefficient (Wildman–Crippen LogP) is 2.95. The highest BCUT2D eigenvalue weighted by molar-refractivity contribution is 7.14. The van der Waals surface area contributed by atoms with Gasteiger partial charge in [0.2, 0.25) is 0 Å². The van der Waals surface area contributed by atoms with Crippen LogP contribution < -0.4 is 5.32 Å². The van der Waals surface area contributed by atoms with Crippen LogP contribution in [0.15, 0.2) is 18.2 Å². The van der Waals surface area contributed by atoms with Crippen LogP contribution in [0.4, 0.5) is 4.39 Å². The molecule has 1 fully saturated rings. The molecular weight excluding hydrogens is 261 g/mol. The molecule has 0 bridgehead atoms. The standard InChI is InChI=1S/C14H16FN3S/c1-9-6-10(8-11(15)7-9)14-18-17-13(19-14)4-5-16-12-2-3-12/h6-8,12,16H,2-5H2,1H3. The van der Waals surface area contributed by atoms with E-state index in [1.165, 1.54) is 25.0 Å². The molecule has 100 valence electrons. The Morgan fingerprint density at radius 3 is 2.89 bits per heavy atom. The zero-order valence-electron chi connectivity index (χ0n) is 10.8. The van der Waals surface area contributed by atoms with Gasteiger partial charge in [0.1, 0.15) is 15.8 Å². The van der Waals surface area contributed by atoms with Gasteiger partial charge in [-0.2, -0.15) is 0 Å². The van der Waals surface area contributed by atoms with E-state index in [0.717, 1.165) is 40.1 Å². The quantitative estimate of drug-likeness (QED) is 0.913. The molecule has 3 rings (SSSR count). The molecule has 0 radical (unpaired) electrons. The van der Waals surface area contributed by atoms with Gasteiger partial charge >= 0.3 is 0 Å². The maximum absolute atomic E-state index is 13.4. The molecule has 1 aliphatic carbocycles. The van der Waals surface area contributed by atoms with Crippen molar-refractivity contribution in [2.45, 2.75) is 32.2 Å². The Kier molecular flexibility index (Phi) is 3.57. The lowest BCUT2D eigenvalue weighted by molar-refractivity contribution is 0.627. The lowest BCUT2D eigenvalue weighted by Gasteiger charge is -1.99.